The van der Waals surface area contributed by atoms with Gasteiger partial charge in [0.1, 0.15) is 0 Å². The fourth-order valence-corrected chi connectivity index (χ4v) is 9.79. The van der Waals surface area contributed by atoms with Crippen molar-refractivity contribution in [1.82, 2.24) is 4.57 Å². The van der Waals surface area contributed by atoms with Crippen molar-refractivity contribution in [2.24, 2.45) is 0 Å². The standard InChI is InChI=1S/C44H23N3S2/c1-46-30-15-11-27(12-16-30)28-13-19-40-35(23-28)34-18-21-42-43(44(34)49-40)36-24-29(14-20-41(36)48-42)31-17-10-26(25-45)22-39(31)47-37-8-4-2-6-32(37)33-7-3-5-9-38(33)47/h2-24H. The van der Waals surface area contributed by atoms with Crippen molar-refractivity contribution in [3.05, 3.63) is 157 Å². The van der Waals surface area contributed by atoms with E-state index in [-0.39, 0.29) is 0 Å². The maximum absolute atomic E-state index is 9.98. The van der Waals surface area contributed by atoms with Crippen LogP contribution in [0.15, 0.2) is 140 Å². The summed E-state index contributed by atoms with van der Waals surface area (Å²) in [6.45, 7) is 7.30. The van der Waals surface area contributed by atoms with Gasteiger partial charge in [-0.1, -0.05) is 84.9 Å². The van der Waals surface area contributed by atoms with Gasteiger partial charge in [0.05, 0.1) is 34.9 Å². The van der Waals surface area contributed by atoms with E-state index in [0.29, 0.717) is 11.3 Å². The van der Waals surface area contributed by atoms with Crippen LogP contribution in [0.2, 0.25) is 0 Å². The molecule has 5 heteroatoms. The van der Waals surface area contributed by atoms with E-state index in [9.17, 15) is 5.26 Å². The topological polar surface area (TPSA) is 33.1 Å². The molecule has 0 unspecified atom stereocenters. The maximum Gasteiger partial charge on any atom is 0.187 e. The van der Waals surface area contributed by atoms with Gasteiger partial charge >= 0.3 is 0 Å². The first kappa shape index (κ1) is 27.8. The third kappa shape index (κ3) is 4.17. The van der Waals surface area contributed by atoms with Crippen molar-refractivity contribution >= 4 is 90.5 Å². The lowest BCUT2D eigenvalue weighted by molar-refractivity contribution is 1.18. The Bertz CT molecular complexity index is 3020. The van der Waals surface area contributed by atoms with Gasteiger partial charge in [-0.25, -0.2) is 4.85 Å². The first-order valence-corrected chi connectivity index (χ1v) is 17.6. The Hall–Kier alpha value is -6.24. The maximum atomic E-state index is 9.98. The average molecular weight is 658 g/mol. The molecule has 0 spiro atoms. The molecule has 0 aliphatic carbocycles. The zero-order valence-electron chi connectivity index (χ0n) is 25.9. The van der Waals surface area contributed by atoms with E-state index in [4.69, 9.17) is 6.57 Å². The SMILES string of the molecule is [C-]#[N+]c1ccc(-c2ccc3sc4c(ccc5sc6ccc(-c7ccc(C#N)cc7-n7c8ccccc8c8ccccc87)cc6c54)c3c2)cc1. The summed E-state index contributed by atoms with van der Waals surface area (Å²) in [4.78, 5) is 3.55. The zero-order valence-corrected chi connectivity index (χ0v) is 27.6. The fraction of sp³-hybridized carbons (Fsp3) is 0. The molecule has 0 N–H and O–H groups in total. The van der Waals surface area contributed by atoms with Crippen molar-refractivity contribution in [3.63, 3.8) is 0 Å². The minimum Gasteiger partial charge on any atom is -0.309 e. The van der Waals surface area contributed by atoms with Gasteiger partial charge in [-0.15, -0.1) is 22.7 Å². The molecule has 3 nitrogen and oxygen atoms in total. The quantitative estimate of drug-likeness (QED) is 0.174. The molecule has 0 saturated carbocycles. The van der Waals surface area contributed by atoms with Crippen LogP contribution in [0.4, 0.5) is 5.69 Å². The number of para-hydroxylation sites is 2. The first-order valence-electron chi connectivity index (χ1n) is 16.0. The fourth-order valence-electron chi connectivity index (χ4n) is 7.38. The van der Waals surface area contributed by atoms with Crippen molar-refractivity contribution < 1.29 is 0 Å². The van der Waals surface area contributed by atoms with Gasteiger partial charge in [0, 0.05) is 56.7 Å². The Balaban J connectivity index is 1.20. The second-order valence-corrected chi connectivity index (χ2v) is 14.4. The Morgan fingerprint density at radius 1 is 0.551 bits per heavy atom. The number of hydrogen-bond donors (Lipinski definition) is 0. The smallest absolute Gasteiger partial charge is 0.187 e. The van der Waals surface area contributed by atoms with Crippen LogP contribution in [0.1, 0.15) is 5.56 Å². The highest BCUT2D eigenvalue weighted by Gasteiger charge is 2.19. The van der Waals surface area contributed by atoms with Crippen molar-refractivity contribution in [2.45, 2.75) is 0 Å². The number of rotatable bonds is 3. The predicted octanol–water partition coefficient (Wildman–Crippen LogP) is 13.3. The van der Waals surface area contributed by atoms with Gasteiger partial charge in [-0.05, 0) is 71.3 Å². The molecule has 10 rings (SSSR count). The minimum absolute atomic E-state index is 0.636. The normalized spacial score (nSPS) is 11.6. The van der Waals surface area contributed by atoms with E-state index >= 15 is 0 Å². The molecule has 0 amide bonds. The Morgan fingerprint density at radius 3 is 1.94 bits per heavy atom. The highest BCUT2D eigenvalue weighted by Crippen LogP contribution is 2.46. The number of aromatic nitrogens is 1. The van der Waals surface area contributed by atoms with Crippen molar-refractivity contribution in [1.29, 1.82) is 5.26 Å². The highest BCUT2D eigenvalue weighted by molar-refractivity contribution is 7.29. The van der Waals surface area contributed by atoms with Gasteiger partial charge in [-0.2, -0.15) is 5.26 Å². The molecule has 49 heavy (non-hydrogen) atoms. The largest absolute Gasteiger partial charge is 0.309 e. The molecule has 0 aliphatic rings. The summed E-state index contributed by atoms with van der Waals surface area (Å²) >= 11 is 3.70. The van der Waals surface area contributed by atoms with Crippen LogP contribution < -0.4 is 0 Å². The van der Waals surface area contributed by atoms with Crippen LogP contribution in [0.3, 0.4) is 0 Å². The van der Waals surface area contributed by atoms with E-state index in [2.05, 4.69) is 119 Å². The molecule has 0 fully saturated rings. The molecule has 10 aromatic rings. The summed E-state index contributed by atoms with van der Waals surface area (Å²) in [5, 5.41) is 17.4. The molecular formula is C44H23N3S2. The summed E-state index contributed by atoms with van der Waals surface area (Å²) in [6, 6.07) is 51.4. The van der Waals surface area contributed by atoms with Crippen LogP contribution in [-0.4, -0.2) is 4.57 Å². The number of nitrogens with zero attached hydrogens (tertiary/aromatic N) is 3. The van der Waals surface area contributed by atoms with Gasteiger partial charge in [0.15, 0.2) is 5.69 Å². The second-order valence-electron chi connectivity index (χ2n) is 12.3. The Kier molecular flexibility index (Phi) is 6.04. The molecule has 226 valence electrons. The Morgan fingerprint density at radius 2 is 1.20 bits per heavy atom. The molecule has 0 radical (unpaired) electrons. The third-order valence-electron chi connectivity index (χ3n) is 9.66. The Labute approximate surface area is 289 Å². The lowest BCUT2D eigenvalue weighted by Crippen LogP contribution is -1.98. The molecule has 0 atom stereocenters. The number of fused-ring (bicyclic) bond motifs is 10. The van der Waals surface area contributed by atoms with Gasteiger partial charge in [-0.3, -0.25) is 0 Å². The zero-order chi connectivity index (χ0) is 32.6. The van der Waals surface area contributed by atoms with E-state index in [1.165, 1.54) is 51.1 Å². The lowest BCUT2D eigenvalue weighted by Gasteiger charge is -2.15. The summed E-state index contributed by atoms with van der Waals surface area (Å²) < 4.78 is 7.42. The number of nitriles is 1. The van der Waals surface area contributed by atoms with Gasteiger partial charge in [0.25, 0.3) is 0 Å². The molecule has 3 aromatic heterocycles. The van der Waals surface area contributed by atoms with Crippen LogP contribution in [0.5, 0.6) is 0 Å². The number of thiophene rings is 2. The van der Waals surface area contributed by atoms with E-state index in [1.54, 1.807) is 0 Å². The third-order valence-corrected chi connectivity index (χ3v) is 12.0. The van der Waals surface area contributed by atoms with Crippen LogP contribution in [0, 0.1) is 17.9 Å². The van der Waals surface area contributed by atoms with Crippen LogP contribution >= 0.6 is 22.7 Å². The molecular weight excluding hydrogens is 635 g/mol. The number of hydrogen-bond acceptors (Lipinski definition) is 3. The van der Waals surface area contributed by atoms with Crippen LogP contribution in [0.25, 0.3) is 94.9 Å². The molecule has 7 aromatic carbocycles. The monoisotopic (exact) mass is 657 g/mol. The predicted molar refractivity (Wildman–Crippen MR) is 208 cm³/mol. The molecule has 3 heterocycles. The van der Waals surface area contributed by atoms with Crippen molar-refractivity contribution in [2.75, 3.05) is 0 Å². The lowest BCUT2D eigenvalue weighted by atomic mass is 9.98. The van der Waals surface area contributed by atoms with Gasteiger partial charge in [0.2, 0.25) is 0 Å². The average Bonchev–Trinajstić information content (AvgIpc) is 3.83. The summed E-state index contributed by atoms with van der Waals surface area (Å²) in [6.07, 6.45) is 0. The van der Waals surface area contributed by atoms with E-state index in [1.807, 2.05) is 59.1 Å². The molecule has 0 aliphatic heterocycles. The first-order chi connectivity index (χ1) is 24.2. The van der Waals surface area contributed by atoms with Crippen LogP contribution in [-0.2, 0) is 0 Å². The van der Waals surface area contributed by atoms with E-state index < -0.39 is 0 Å². The second kappa shape index (κ2) is 10.6. The van der Waals surface area contributed by atoms with E-state index in [0.717, 1.165) is 39.0 Å². The minimum atomic E-state index is 0.636. The summed E-state index contributed by atoms with van der Waals surface area (Å²) in [5.41, 5.74) is 9.00. The summed E-state index contributed by atoms with van der Waals surface area (Å²) in [7, 11) is 0. The molecule has 0 saturated heterocycles. The molecule has 0 bridgehead atoms. The highest BCUT2D eigenvalue weighted by atomic mass is 32.1. The van der Waals surface area contributed by atoms with Crippen molar-refractivity contribution in [3.8, 4) is 34.0 Å². The van der Waals surface area contributed by atoms with Gasteiger partial charge < -0.3 is 4.57 Å². The summed E-state index contributed by atoms with van der Waals surface area (Å²) in [5.74, 6) is 0. The number of benzene rings is 7.